The van der Waals surface area contributed by atoms with Crippen LogP contribution < -0.4 is 0 Å². The summed E-state index contributed by atoms with van der Waals surface area (Å²) in [6.45, 7) is 3.85. The first-order chi connectivity index (χ1) is 13.6. The lowest BCUT2D eigenvalue weighted by Crippen LogP contribution is -2.53. The molecule has 1 aromatic rings. The number of rotatable bonds is 3. The van der Waals surface area contributed by atoms with Crippen molar-refractivity contribution >= 4 is 45.0 Å². The second-order valence-corrected chi connectivity index (χ2v) is 10.3. The van der Waals surface area contributed by atoms with Crippen LogP contribution in [0.25, 0.3) is 0 Å². The van der Waals surface area contributed by atoms with E-state index >= 15 is 0 Å². The van der Waals surface area contributed by atoms with Crippen LogP contribution in [0, 0.1) is 5.92 Å². The van der Waals surface area contributed by atoms with Crippen molar-refractivity contribution in [3.8, 4) is 0 Å². The maximum Gasteiger partial charge on any atom is 0.320 e. The lowest BCUT2D eigenvalue weighted by Gasteiger charge is -2.35. The number of amides is 2. The van der Waals surface area contributed by atoms with E-state index in [4.69, 9.17) is 23.2 Å². The largest absolute Gasteiger partial charge is 0.411 e. The molecule has 2 aliphatic heterocycles. The van der Waals surface area contributed by atoms with Crippen molar-refractivity contribution in [2.24, 2.45) is 11.1 Å². The summed E-state index contributed by atoms with van der Waals surface area (Å²) in [6.07, 6.45) is 1.17. The van der Waals surface area contributed by atoms with Crippen molar-refractivity contribution in [3.05, 3.63) is 33.8 Å². The standard InChI is InChI=1S/C18H24Cl2N4O4S/c1-12(21-26)14-10-23(11-15(14)13-3-4-16(19)17(20)9-13)18(25)22-5-7-24(8-6-22)29(2,27)28/h3-4,9,14-15,26H,5-8,10-11H2,1-2H3/b21-12+. The van der Waals surface area contributed by atoms with Crippen molar-refractivity contribution in [3.63, 3.8) is 0 Å². The highest BCUT2D eigenvalue weighted by Gasteiger charge is 2.40. The minimum absolute atomic E-state index is 0.0816. The first kappa shape index (κ1) is 22.1. The van der Waals surface area contributed by atoms with Crippen LogP contribution in [0.1, 0.15) is 18.4 Å². The Kier molecular flexibility index (Phi) is 6.62. The number of hydrogen-bond acceptors (Lipinski definition) is 5. The van der Waals surface area contributed by atoms with Gasteiger partial charge < -0.3 is 15.0 Å². The maximum absolute atomic E-state index is 13.0. The summed E-state index contributed by atoms with van der Waals surface area (Å²) in [5.41, 5.74) is 1.46. The van der Waals surface area contributed by atoms with Crippen LogP contribution in [0.15, 0.2) is 23.4 Å². The Labute approximate surface area is 180 Å². The quantitative estimate of drug-likeness (QED) is 0.424. The van der Waals surface area contributed by atoms with E-state index in [0.717, 1.165) is 5.56 Å². The van der Waals surface area contributed by atoms with Gasteiger partial charge in [-0.05, 0) is 24.6 Å². The Balaban J connectivity index is 1.75. The molecule has 2 unspecified atom stereocenters. The van der Waals surface area contributed by atoms with Crippen LogP contribution >= 0.6 is 23.2 Å². The Morgan fingerprint density at radius 3 is 2.31 bits per heavy atom. The van der Waals surface area contributed by atoms with Gasteiger partial charge in [-0.15, -0.1) is 0 Å². The summed E-state index contributed by atoms with van der Waals surface area (Å²) in [5, 5.41) is 13.6. The number of piperazine rings is 1. The van der Waals surface area contributed by atoms with E-state index in [1.807, 2.05) is 6.07 Å². The molecule has 2 atom stereocenters. The Hall–Kier alpha value is -1.55. The summed E-state index contributed by atoms with van der Waals surface area (Å²) >= 11 is 12.2. The first-order valence-electron chi connectivity index (χ1n) is 9.24. The zero-order valence-corrected chi connectivity index (χ0v) is 18.6. The van der Waals surface area contributed by atoms with Crippen LogP contribution in [0.2, 0.25) is 10.0 Å². The van der Waals surface area contributed by atoms with Crippen LogP contribution in [-0.2, 0) is 10.0 Å². The molecule has 0 radical (unpaired) electrons. The number of urea groups is 1. The summed E-state index contributed by atoms with van der Waals surface area (Å²) in [5.74, 6) is -0.236. The minimum Gasteiger partial charge on any atom is -0.411 e. The number of hydrogen-bond donors (Lipinski definition) is 1. The van der Waals surface area contributed by atoms with Gasteiger partial charge in [0.2, 0.25) is 10.0 Å². The molecular weight excluding hydrogens is 439 g/mol. The van der Waals surface area contributed by atoms with Crippen molar-refractivity contribution in [2.45, 2.75) is 12.8 Å². The molecular formula is C18H24Cl2N4O4S. The fourth-order valence-electron chi connectivity index (χ4n) is 3.95. The minimum atomic E-state index is -3.25. The van der Waals surface area contributed by atoms with Gasteiger partial charge >= 0.3 is 6.03 Å². The average molecular weight is 463 g/mol. The monoisotopic (exact) mass is 462 g/mol. The lowest BCUT2D eigenvalue weighted by atomic mass is 9.86. The van der Waals surface area contributed by atoms with E-state index in [9.17, 15) is 18.4 Å². The molecule has 3 rings (SSSR count). The predicted molar refractivity (Wildman–Crippen MR) is 113 cm³/mol. The number of halogens is 2. The molecule has 0 bridgehead atoms. The van der Waals surface area contributed by atoms with E-state index in [2.05, 4.69) is 5.16 Å². The lowest BCUT2D eigenvalue weighted by molar-refractivity contribution is 0.141. The van der Waals surface area contributed by atoms with E-state index in [1.165, 1.54) is 10.6 Å². The van der Waals surface area contributed by atoms with Crippen LogP contribution in [0.3, 0.4) is 0 Å². The molecule has 29 heavy (non-hydrogen) atoms. The van der Waals surface area contributed by atoms with Crippen LogP contribution in [0.4, 0.5) is 4.79 Å². The summed E-state index contributed by atoms with van der Waals surface area (Å²) < 4.78 is 24.7. The van der Waals surface area contributed by atoms with Crippen LogP contribution in [-0.4, -0.2) is 85.0 Å². The number of carbonyl (C=O) groups is 1. The highest BCUT2D eigenvalue weighted by Crippen LogP contribution is 2.36. The van der Waals surface area contributed by atoms with Gasteiger partial charge in [-0.2, -0.15) is 4.31 Å². The zero-order valence-electron chi connectivity index (χ0n) is 16.3. The van der Waals surface area contributed by atoms with E-state index < -0.39 is 10.0 Å². The molecule has 1 N–H and O–H groups in total. The molecule has 0 aromatic heterocycles. The molecule has 160 valence electrons. The van der Waals surface area contributed by atoms with Gasteiger partial charge in [0.1, 0.15) is 0 Å². The van der Waals surface area contributed by atoms with Gasteiger partial charge in [0.25, 0.3) is 0 Å². The van der Waals surface area contributed by atoms with E-state index in [1.54, 1.807) is 28.9 Å². The van der Waals surface area contributed by atoms with Gasteiger partial charge in [0.05, 0.1) is 22.0 Å². The number of likely N-dealkylation sites (tertiary alicyclic amines) is 1. The van der Waals surface area contributed by atoms with Gasteiger partial charge in [-0.3, -0.25) is 0 Å². The predicted octanol–water partition coefficient (Wildman–Crippen LogP) is 2.56. The molecule has 1 aromatic carbocycles. The highest BCUT2D eigenvalue weighted by atomic mass is 35.5. The number of benzene rings is 1. The first-order valence-corrected chi connectivity index (χ1v) is 11.8. The Morgan fingerprint density at radius 1 is 1.10 bits per heavy atom. The van der Waals surface area contributed by atoms with E-state index in [-0.39, 0.29) is 31.0 Å². The third kappa shape index (κ3) is 4.79. The molecule has 2 aliphatic rings. The van der Waals surface area contributed by atoms with Crippen molar-refractivity contribution in [1.82, 2.24) is 14.1 Å². The van der Waals surface area contributed by atoms with E-state index in [0.29, 0.717) is 41.9 Å². The SMILES string of the molecule is C/C(=N\O)C1CN(C(=O)N2CCN(S(C)(=O)=O)CC2)CC1c1ccc(Cl)c(Cl)c1. The average Bonchev–Trinajstić information content (AvgIpc) is 3.13. The third-order valence-corrected chi connectivity index (χ3v) is 7.68. The molecule has 0 aliphatic carbocycles. The van der Waals surface area contributed by atoms with Gasteiger partial charge in [-0.1, -0.05) is 34.4 Å². The molecule has 8 nitrogen and oxygen atoms in total. The van der Waals surface area contributed by atoms with Gasteiger partial charge in [0, 0.05) is 51.1 Å². The normalized spacial score (nSPS) is 24.2. The molecule has 11 heteroatoms. The second-order valence-electron chi connectivity index (χ2n) is 7.46. The molecule has 2 saturated heterocycles. The van der Waals surface area contributed by atoms with Crippen molar-refractivity contribution in [2.75, 3.05) is 45.5 Å². The van der Waals surface area contributed by atoms with Crippen LogP contribution in [0.5, 0.6) is 0 Å². The van der Waals surface area contributed by atoms with Gasteiger partial charge in [0.15, 0.2) is 0 Å². The Morgan fingerprint density at radius 2 is 1.76 bits per heavy atom. The fraction of sp³-hybridized carbons (Fsp3) is 0.556. The fourth-order valence-corrected chi connectivity index (χ4v) is 5.08. The number of oxime groups is 1. The van der Waals surface area contributed by atoms with Gasteiger partial charge in [-0.25, -0.2) is 13.2 Å². The molecule has 2 fully saturated rings. The van der Waals surface area contributed by atoms with Crippen molar-refractivity contribution < 1.29 is 18.4 Å². The second kappa shape index (κ2) is 8.67. The summed E-state index contributed by atoms with van der Waals surface area (Å²) in [6, 6.07) is 5.23. The Bertz CT molecular complexity index is 916. The molecule has 0 saturated carbocycles. The highest BCUT2D eigenvalue weighted by molar-refractivity contribution is 7.88. The number of carbonyl (C=O) groups excluding carboxylic acids is 1. The maximum atomic E-state index is 13.0. The smallest absolute Gasteiger partial charge is 0.320 e. The third-order valence-electron chi connectivity index (χ3n) is 5.63. The molecule has 0 spiro atoms. The van der Waals surface area contributed by atoms with Crippen molar-refractivity contribution in [1.29, 1.82) is 0 Å². The number of sulfonamides is 1. The number of nitrogens with zero attached hydrogens (tertiary/aromatic N) is 4. The summed E-state index contributed by atoms with van der Waals surface area (Å²) in [4.78, 5) is 16.4. The molecule has 2 amide bonds. The zero-order chi connectivity index (χ0) is 21.3. The topological polar surface area (TPSA) is 93.5 Å². The molecule has 2 heterocycles. The summed E-state index contributed by atoms with van der Waals surface area (Å²) in [7, 11) is -3.25.